The zero-order valence-corrected chi connectivity index (χ0v) is 9.05. The van der Waals surface area contributed by atoms with Crippen molar-refractivity contribution < 1.29 is 18.7 Å². The Hall–Kier alpha value is -1.49. The smallest absolute Gasteiger partial charge is 0.254 e. The SMILES string of the molecule is CC(C)(CO)NC(=O)c1cccc(F)c1F. The molecule has 0 saturated carbocycles. The summed E-state index contributed by atoms with van der Waals surface area (Å²) in [5.41, 5.74) is -1.25. The molecule has 0 unspecified atom stereocenters. The number of aliphatic hydroxyl groups excluding tert-OH is 1. The lowest BCUT2D eigenvalue weighted by atomic mass is 10.1. The lowest BCUT2D eigenvalue weighted by Crippen LogP contribution is -2.46. The van der Waals surface area contributed by atoms with Crippen LogP contribution in [0.4, 0.5) is 8.78 Å². The molecule has 5 heteroatoms. The van der Waals surface area contributed by atoms with Crippen LogP contribution in [0.1, 0.15) is 24.2 Å². The van der Waals surface area contributed by atoms with Crippen LogP contribution in [0.15, 0.2) is 18.2 Å². The highest BCUT2D eigenvalue weighted by Gasteiger charge is 2.22. The molecule has 1 aromatic rings. The van der Waals surface area contributed by atoms with Crippen LogP contribution in [-0.4, -0.2) is 23.2 Å². The van der Waals surface area contributed by atoms with Gasteiger partial charge in [0.2, 0.25) is 0 Å². The zero-order valence-electron chi connectivity index (χ0n) is 9.05. The molecule has 0 spiro atoms. The minimum absolute atomic E-state index is 0.296. The summed E-state index contributed by atoms with van der Waals surface area (Å²) in [5, 5.41) is 11.3. The number of rotatable bonds is 3. The summed E-state index contributed by atoms with van der Waals surface area (Å²) in [5.74, 6) is -3.01. The maximum Gasteiger partial charge on any atom is 0.254 e. The van der Waals surface area contributed by atoms with E-state index >= 15 is 0 Å². The van der Waals surface area contributed by atoms with Gasteiger partial charge in [0.15, 0.2) is 11.6 Å². The molecule has 0 aliphatic carbocycles. The van der Waals surface area contributed by atoms with Crippen LogP contribution >= 0.6 is 0 Å². The van der Waals surface area contributed by atoms with Gasteiger partial charge in [0.1, 0.15) is 0 Å². The highest BCUT2D eigenvalue weighted by molar-refractivity contribution is 5.94. The molecule has 3 nitrogen and oxygen atoms in total. The van der Waals surface area contributed by atoms with Gasteiger partial charge in [0.05, 0.1) is 17.7 Å². The second kappa shape index (κ2) is 4.57. The average Bonchev–Trinajstić information content (AvgIpc) is 2.21. The Balaban J connectivity index is 2.94. The average molecular weight is 229 g/mol. The zero-order chi connectivity index (χ0) is 12.3. The second-order valence-corrected chi connectivity index (χ2v) is 4.10. The molecule has 0 aliphatic heterocycles. The lowest BCUT2D eigenvalue weighted by Gasteiger charge is -2.23. The number of hydrogen-bond acceptors (Lipinski definition) is 2. The molecule has 1 amide bonds. The summed E-state index contributed by atoms with van der Waals surface area (Å²) in [6.45, 7) is 2.85. The number of carbonyl (C=O) groups is 1. The predicted octanol–water partition coefficient (Wildman–Crippen LogP) is 1.47. The van der Waals surface area contributed by atoms with Gasteiger partial charge in [-0.3, -0.25) is 4.79 Å². The first-order valence-corrected chi connectivity index (χ1v) is 4.75. The number of halogens is 2. The van der Waals surface area contributed by atoms with Crippen molar-refractivity contribution in [2.24, 2.45) is 0 Å². The summed E-state index contributed by atoms with van der Waals surface area (Å²) in [4.78, 5) is 11.6. The molecule has 1 aromatic carbocycles. The third kappa shape index (κ3) is 2.76. The molecular formula is C11H13F2NO2. The largest absolute Gasteiger partial charge is 0.394 e. The van der Waals surface area contributed by atoms with Crippen molar-refractivity contribution in [3.05, 3.63) is 35.4 Å². The van der Waals surface area contributed by atoms with Crippen LogP contribution in [0.3, 0.4) is 0 Å². The molecule has 0 saturated heterocycles. The van der Waals surface area contributed by atoms with Crippen molar-refractivity contribution in [3.8, 4) is 0 Å². The second-order valence-electron chi connectivity index (χ2n) is 4.10. The van der Waals surface area contributed by atoms with Gasteiger partial charge in [-0.15, -0.1) is 0 Å². The van der Waals surface area contributed by atoms with Crippen molar-refractivity contribution >= 4 is 5.91 Å². The van der Waals surface area contributed by atoms with Crippen molar-refractivity contribution in [2.45, 2.75) is 19.4 Å². The van der Waals surface area contributed by atoms with Gasteiger partial charge >= 0.3 is 0 Å². The van der Waals surface area contributed by atoms with Gasteiger partial charge in [-0.2, -0.15) is 0 Å². The Bertz CT molecular complexity index is 405. The van der Waals surface area contributed by atoms with E-state index in [9.17, 15) is 13.6 Å². The Morgan fingerprint density at radius 2 is 2.06 bits per heavy atom. The quantitative estimate of drug-likeness (QED) is 0.824. The van der Waals surface area contributed by atoms with E-state index < -0.39 is 23.1 Å². The normalized spacial score (nSPS) is 11.3. The first-order valence-electron chi connectivity index (χ1n) is 4.75. The Morgan fingerprint density at radius 1 is 1.44 bits per heavy atom. The van der Waals surface area contributed by atoms with E-state index in [1.54, 1.807) is 13.8 Å². The van der Waals surface area contributed by atoms with Crippen LogP contribution in [0.2, 0.25) is 0 Å². The van der Waals surface area contributed by atoms with Crippen molar-refractivity contribution in [1.29, 1.82) is 0 Å². The molecule has 0 bridgehead atoms. The molecule has 0 fully saturated rings. The summed E-state index contributed by atoms with van der Waals surface area (Å²) in [7, 11) is 0. The first-order chi connectivity index (χ1) is 7.37. The fourth-order valence-electron chi connectivity index (χ4n) is 1.09. The molecule has 0 aliphatic rings. The molecule has 88 valence electrons. The molecular weight excluding hydrogens is 216 g/mol. The Morgan fingerprint density at radius 3 is 2.62 bits per heavy atom. The van der Waals surface area contributed by atoms with Gasteiger partial charge in [-0.1, -0.05) is 6.07 Å². The van der Waals surface area contributed by atoms with E-state index in [2.05, 4.69) is 5.32 Å². The number of aliphatic hydroxyl groups is 1. The third-order valence-corrected chi connectivity index (χ3v) is 2.04. The predicted molar refractivity (Wildman–Crippen MR) is 55.0 cm³/mol. The van der Waals surface area contributed by atoms with Gasteiger partial charge in [0, 0.05) is 0 Å². The van der Waals surface area contributed by atoms with Crippen LogP contribution in [0, 0.1) is 11.6 Å². The molecule has 0 radical (unpaired) electrons. The number of carbonyl (C=O) groups excluding carboxylic acids is 1. The minimum Gasteiger partial charge on any atom is -0.394 e. The van der Waals surface area contributed by atoms with Crippen molar-refractivity contribution in [1.82, 2.24) is 5.32 Å². The number of amides is 1. The lowest BCUT2D eigenvalue weighted by molar-refractivity contribution is 0.0864. The monoisotopic (exact) mass is 229 g/mol. The summed E-state index contributed by atoms with van der Waals surface area (Å²) in [6.07, 6.45) is 0. The summed E-state index contributed by atoms with van der Waals surface area (Å²) in [6, 6.07) is 3.36. The molecule has 0 atom stereocenters. The van der Waals surface area contributed by atoms with Crippen LogP contribution in [0.25, 0.3) is 0 Å². The fraction of sp³-hybridized carbons (Fsp3) is 0.364. The van der Waals surface area contributed by atoms with Crippen LogP contribution in [0.5, 0.6) is 0 Å². The third-order valence-electron chi connectivity index (χ3n) is 2.04. The van der Waals surface area contributed by atoms with Crippen molar-refractivity contribution in [2.75, 3.05) is 6.61 Å². The highest BCUT2D eigenvalue weighted by Crippen LogP contribution is 2.12. The standard InChI is InChI=1S/C11H13F2NO2/c1-11(2,6-15)14-10(16)7-4-3-5-8(12)9(7)13/h3-5,15H,6H2,1-2H3,(H,14,16). The Labute approximate surface area is 92.1 Å². The fourth-order valence-corrected chi connectivity index (χ4v) is 1.09. The molecule has 16 heavy (non-hydrogen) atoms. The van der Waals surface area contributed by atoms with E-state index in [0.717, 1.165) is 6.07 Å². The number of benzene rings is 1. The van der Waals surface area contributed by atoms with E-state index in [1.165, 1.54) is 12.1 Å². The summed E-state index contributed by atoms with van der Waals surface area (Å²) >= 11 is 0. The van der Waals surface area contributed by atoms with Crippen LogP contribution < -0.4 is 5.32 Å². The Kier molecular flexibility index (Phi) is 3.59. The minimum atomic E-state index is -1.19. The summed E-state index contributed by atoms with van der Waals surface area (Å²) < 4.78 is 26.1. The van der Waals surface area contributed by atoms with E-state index in [0.29, 0.717) is 0 Å². The topological polar surface area (TPSA) is 49.3 Å². The van der Waals surface area contributed by atoms with Gasteiger partial charge in [-0.25, -0.2) is 8.78 Å². The maximum absolute atomic E-state index is 13.2. The molecule has 2 N–H and O–H groups in total. The van der Waals surface area contributed by atoms with Crippen molar-refractivity contribution in [3.63, 3.8) is 0 Å². The highest BCUT2D eigenvalue weighted by atomic mass is 19.2. The molecule has 0 aromatic heterocycles. The van der Waals surface area contributed by atoms with E-state index in [-0.39, 0.29) is 12.2 Å². The van der Waals surface area contributed by atoms with Gasteiger partial charge in [-0.05, 0) is 26.0 Å². The molecule has 0 heterocycles. The molecule has 1 rings (SSSR count). The first kappa shape index (κ1) is 12.6. The number of nitrogens with one attached hydrogen (secondary N) is 1. The van der Waals surface area contributed by atoms with Crippen LogP contribution in [-0.2, 0) is 0 Å². The van der Waals surface area contributed by atoms with Gasteiger partial charge < -0.3 is 10.4 Å². The van der Waals surface area contributed by atoms with E-state index in [1.807, 2.05) is 0 Å². The number of hydrogen-bond donors (Lipinski definition) is 2. The maximum atomic E-state index is 13.2. The van der Waals surface area contributed by atoms with E-state index in [4.69, 9.17) is 5.11 Å². The van der Waals surface area contributed by atoms with Gasteiger partial charge in [0.25, 0.3) is 5.91 Å².